The van der Waals surface area contributed by atoms with Crippen molar-refractivity contribution in [3.63, 3.8) is 0 Å². The maximum atomic E-state index is 12.3. The van der Waals surface area contributed by atoms with Gasteiger partial charge in [-0.05, 0) is 42.0 Å². The molecule has 0 aliphatic heterocycles. The van der Waals surface area contributed by atoms with Crippen LogP contribution in [0.5, 0.6) is 0 Å². The standard InChI is InChI=1S/C24H26N2O5/c1-14(10-22(27)26-16-11-15(12-16)23(28)29)25-24(30)31-13-21-19-8-4-2-6-17(19)18-7-3-5-9-20(18)21/h2-9,14-16,21H,10-13H2,1H3,(H,25,30)(H,26,27)(H,28,29)/t14-,15?,16?/m0/s1. The highest BCUT2D eigenvalue weighted by Crippen LogP contribution is 2.44. The number of rotatable bonds is 7. The van der Waals surface area contributed by atoms with E-state index in [9.17, 15) is 14.4 Å². The highest BCUT2D eigenvalue weighted by Gasteiger charge is 2.35. The van der Waals surface area contributed by atoms with E-state index in [1.165, 1.54) is 11.1 Å². The molecule has 7 heteroatoms. The van der Waals surface area contributed by atoms with Crippen molar-refractivity contribution in [3.05, 3.63) is 59.7 Å². The maximum absolute atomic E-state index is 12.3. The van der Waals surface area contributed by atoms with Gasteiger partial charge in [-0.3, -0.25) is 9.59 Å². The Labute approximate surface area is 180 Å². The third-order valence-electron chi connectivity index (χ3n) is 6.05. The molecule has 0 bridgehead atoms. The number of ether oxygens (including phenoxy) is 1. The molecule has 3 N–H and O–H groups in total. The maximum Gasteiger partial charge on any atom is 0.407 e. The Bertz CT molecular complexity index is 953. The molecule has 0 aromatic heterocycles. The van der Waals surface area contributed by atoms with Crippen LogP contribution < -0.4 is 10.6 Å². The van der Waals surface area contributed by atoms with Crippen LogP contribution in [0.15, 0.2) is 48.5 Å². The Morgan fingerprint density at radius 2 is 1.61 bits per heavy atom. The summed E-state index contributed by atoms with van der Waals surface area (Å²) in [5.74, 6) is -1.42. The molecule has 1 saturated carbocycles. The summed E-state index contributed by atoms with van der Waals surface area (Å²) >= 11 is 0. The SMILES string of the molecule is C[C@@H](CC(=O)NC1CC(C(=O)O)C1)NC(=O)OCC1c2ccccc2-c2ccccc21. The van der Waals surface area contributed by atoms with Gasteiger partial charge in [0.2, 0.25) is 5.91 Å². The average molecular weight is 422 g/mol. The first kappa shape index (κ1) is 20.9. The van der Waals surface area contributed by atoms with Crippen LogP contribution in [0.25, 0.3) is 11.1 Å². The van der Waals surface area contributed by atoms with E-state index in [-0.39, 0.29) is 36.8 Å². The zero-order valence-corrected chi connectivity index (χ0v) is 17.3. The predicted molar refractivity (Wildman–Crippen MR) is 115 cm³/mol. The van der Waals surface area contributed by atoms with E-state index in [4.69, 9.17) is 9.84 Å². The van der Waals surface area contributed by atoms with Gasteiger partial charge >= 0.3 is 12.1 Å². The Morgan fingerprint density at radius 3 is 2.19 bits per heavy atom. The van der Waals surface area contributed by atoms with E-state index in [1.54, 1.807) is 6.92 Å². The summed E-state index contributed by atoms with van der Waals surface area (Å²) in [6, 6.07) is 15.8. The summed E-state index contributed by atoms with van der Waals surface area (Å²) in [6.07, 6.45) is 0.458. The van der Waals surface area contributed by atoms with Crippen molar-refractivity contribution in [2.24, 2.45) is 5.92 Å². The molecule has 31 heavy (non-hydrogen) atoms. The Hall–Kier alpha value is -3.35. The summed E-state index contributed by atoms with van der Waals surface area (Å²) < 4.78 is 5.50. The predicted octanol–water partition coefficient (Wildman–Crippen LogP) is 3.28. The zero-order chi connectivity index (χ0) is 22.0. The zero-order valence-electron chi connectivity index (χ0n) is 17.3. The minimum atomic E-state index is -0.823. The third-order valence-corrected chi connectivity index (χ3v) is 6.05. The van der Waals surface area contributed by atoms with Crippen molar-refractivity contribution in [1.29, 1.82) is 0 Å². The first-order valence-corrected chi connectivity index (χ1v) is 10.6. The molecule has 0 saturated heterocycles. The summed E-state index contributed by atoms with van der Waals surface area (Å²) in [5, 5.41) is 14.4. The van der Waals surface area contributed by atoms with E-state index < -0.39 is 18.1 Å². The quantitative estimate of drug-likeness (QED) is 0.635. The summed E-state index contributed by atoms with van der Waals surface area (Å²) in [5.41, 5.74) is 4.62. The van der Waals surface area contributed by atoms with Crippen molar-refractivity contribution in [1.82, 2.24) is 10.6 Å². The van der Waals surface area contributed by atoms with Crippen molar-refractivity contribution in [2.75, 3.05) is 6.61 Å². The van der Waals surface area contributed by atoms with Crippen molar-refractivity contribution in [3.8, 4) is 11.1 Å². The fourth-order valence-electron chi connectivity index (χ4n) is 4.39. The lowest BCUT2D eigenvalue weighted by Gasteiger charge is -2.33. The van der Waals surface area contributed by atoms with Crippen LogP contribution in [-0.4, -0.2) is 41.8 Å². The summed E-state index contributed by atoms with van der Waals surface area (Å²) in [4.78, 5) is 35.2. The molecule has 162 valence electrons. The van der Waals surface area contributed by atoms with Crippen LogP contribution in [0.3, 0.4) is 0 Å². The molecule has 1 fully saturated rings. The number of amides is 2. The van der Waals surface area contributed by atoms with Crippen LogP contribution >= 0.6 is 0 Å². The van der Waals surface area contributed by atoms with Crippen LogP contribution in [-0.2, 0) is 14.3 Å². The molecule has 2 aromatic rings. The topological polar surface area (TPSA) is 105 Å². The number of carboxylic acid groups (broad SMARTS) is 1. The molecular weight excluding hydrogens is 396 g/mol. The van der Waals surface area contributed by atoms with Crippen molar-refractivity contribution >= 4 is 18.0 Å². The van der Waals surface area contributed by atoms with Gasteiger partial charge in [0.05, 0.1) is 5.92 Å². The van der Waals surface area contributed by atoms with Gasteiger partial charge in [-0.1, -0.05) is 48.5 Å². The van der Waals surface area contributed by atoms with Crippen molar-refractivity contribution in [2.45, 2.75) is 44.2 Å². The van der Waals surface area contributed by atoms with E-state index in [1.807, 2.05) is 24.3 Å². The minimum Gasteiger partial charge on any atom is -0.481 e. The second-order valence-corrected chi connectivity index (χ2v) is 8.35. The average Bonchev–Trinajstić information content (AvgIpc) is 3.02. The number of nitrogens with one attached hydrogen (secondary N) is 2. The van der Waals surface area contributed by atoms with E-state index >= 15 is 0 Å². The number of hydrogen-bond acceptors (Lipinski definition) is 4. The molecular formula is C24H26N2O5. The molecule has 4 rings (SSSR count). The van der Waals surface area contributed by atoms with E-state index in [0.717, 1.165) is 11.1 Å². The highest BCUT2D eigenvalue weighted by atomic mass is 16.5. The molecule has 2 aliphatic rings. The van der Waals surface area contributed by atoms with Gasteiger partial charge in [0.1, 0.15) is 6.61 Å². The number of fused-ring (bicyclic) bond motifs is 3. The van der Waals surface area contributed by atoms with E-state index in [2.05, 4.69) is 34.9 Å². The Morgan fingerprint density at radius 1 is 1.03 bits per heavy atom. The number of aliphatic carboxylic acids is 1. The second kappa shape index (κ2) is 8.79. The van der Waals surface area contributed by atoms with Gasteiger partial charge < -0.3 is 20.5 Å². The van der Waals surface area contributed by atoms with Crippen LogP contribution in [0.4, 0.5) is 4.79 Å². The molecule has 0 radical (unpaired) electrons. The fraction of sp³-hybridized carbons (Fsp3) is 0.375. The third kappa shape index (κ3) is 4.55. The van der Waals surface area contributed by atoms with Gasteiger partial charge in [0, 0.05) is 24.4 Å². The van der Waals surface area contributed by atoms with E-state index in [0.29, 0.717) is 12.8 Å². The summed E-state index contributed by atoms with van der Waals surface area (Å²) in [6.45, 7) is 1.96. The number of carbonyl (C=O) groups is 3. The van der Waals surface area contributed by atoms with Crippen molar-refractivity contribution < 1.29 is 24.2 Å². The first-order valence-electron chi connectivity index (χ1n) is 10.6. The molecule has 7 nitrogen and oxygen atoms in total. The lowest BCUT2D eigenvalue weighted by atomic mass is 9.80. The Kier molecular flexibility index (Phi) is 5.93. The lowest BCUT2D eigenvalue weighted by Crippen LogP contribution is -2.48. The molecule has 0 spiro atoms. The molecule has 1 atom stereocenters. The molecule has 0 unspecified atom stereocenters. The van der Waals surface area contributed by atoms with Crippen LogP contribution in [0.1, 0.15) is 43.2 Å². The Balaban J connectivity index is 1.25. The number of carboxylic acids is 1. The monoisotopic (exact) mass is 422 g/mol. The number of hydrogen-bond donors (Lipinski definition) is 3. The van der Waals surface area contributed by atoms with Crippen LogP contribution in [0, 0.1) is 5.92 Å². The smallest absolute Gasteiger partial charge is 0.407 e. The summed E-state index contributed by atoms with van der Waals surface area (Å²) in [7, 11) is 0. The second-order valence-electron chi connectivity index (χ2n) is 8.35. The normalized spacial score (nSPS) is 20.0. The van der Waals surface area contributed by atoms with Gasteiger partial charge in [-0.15, -0.1) is 0 Å². The molecule has 2 aromatic carbocycles. The molecule has 2 aliphatic carbocycles. The lowest BCUT2D eigenvalue weighted by molar-refractivity contribution is -0.146. The van der Waals surface area contributed by atoms with Crippen LogP contribution in [0.2, 0.25) is 0 Å². The minimum absolute atomic E-state index is 0.0162. The van der Waals surface area contributed by atoms with Gasteiger partial charge in [0.25, 0.3) is 0 Å². The first-order chi connectivity index (χ1) is 14.9. The van der Waals surface area contributed by atoms with Gasteiger partial charge in [-0.2, -0.15) is 0 Å². The van der Waals surface area contributed by atoms with Gasteiger partial charge in [-0.25, -0.2) is 4.79 Å². The molecule has 0 heterocycles. The number of benzene rings is 2. The number of carbonyl (C=O) groups excluding carboxylic acids is 2. The largest absolute Gasteiger partial charge is 0.481 e. The number of alkyl carbamates (subject to hydrolysis) is 1. The highest BCUT2D eigenvalue weighted by molar-refractivity contribution is 5.80. The van der Waals surface area contributed by atoms with Gasteiger partial charge in [0.15, 0.2) is 0 Å². The molecule has 2 amide bonds. The fourth-order valence-corrected chi connectivity index (χ4v) is 4.39.